The summed E-state index contributed by atoms with van der Waals surface area (Å²) in [6, 6.07) is 0.756. The maximum Gasteiger partial charge on any atom is 0.0113 e. The lowest BCUT2D eigenvalue weighted by atomic mass is 9.66. The standard InChI is InChI=1S/C19H37N3/c1-5-15-8-19(21-9-15)17-11-20-10-16(14(17)3)18-12-22(4)7-6-13(18)2/h13-21H,5-12H2,1-4H3/t13-,14-,15+,16?,17?,18?,19?/m1/s1. The minimum absolute atomic E-state index is 0.756. The molecule has 0 spiro atoms. The Morgan fingerprint density at radius 1 is 1.05 bits per heavy atom. The molecule has 0 radical (unpaired) electrons. The third kappa shape index (κ3) is 3.37. The first-order valence-electron chi connectivity index (χ1n) is 9.72. The minimum atomic E-state index is 0.756. The minimum Gasteiger partial charge on any atom is -0.316 e. The van der Waals surface area contributed by atoms with E-state index in [1.807, 2.05) is 0 Å². The van der Waals surface area contributed by atoms with E-state index in [4.69, 9.17) is 0 Å². The Hall–Kier alpha value is -0.120. The van der Waals surface area contributed by atoms with Crippen molar-refractivity contribution >= 4 is 0 Å². The normalized spacial score (nSPS) is 47.7. The quantitative estimate of drug-likeness (QED) is 0.838. The van der Waals surface area contributed by atoms with Crippen molar-refractivity contribution in [3.8, 4) is 0 Å². The highest BCUT2D eigenvalue weighted by Crippen LogP contribution is 2.40. The Labute approximate surface area is 137 Å². The Balaban J connectivity index is 1.66. The monoisotopic (exact) mass is 307 g/mol. The van der Waals surface area contributed by atoms with Crippen molar-refractivity contribution in [1.82, 2.24) is 15.5 Å². The van der Waals surface area contributed by atoms with Gasteiger partial charge in [-0.25, -0.2) is 0 Å². The second-order valence-electron chi connectivity index (χ2n) is 8.56. The summed E-state index contributed by atoms with van der Waals surface area (Å²) in [4.78, 5) is 2.56. The molecule has 3 heteroatoms. The molecule has 0 aromatic heterocycles. The maximum absolute atomic E-state index is 3.85. The Morgan fingerprint density at radius 3 is 2.55 bits per heavy atom. The van der Waals surface area contributed by atoms with Crippen LogP contribution in [0.25, 0.3) is 0 Å². The van der Waals surface area contributed by atoms with Gasteiger partial charge >= 0.3 is 0 Å². The number of hydrogen-bond donors (Lipinski definition) is 2. The number of piperidine rings is 2. The van der Waals surface area contributed by atoms with Crippen molar-refractivity contribution in [1.29, 1.82) is 0 Å². The van der Waals surface area contributed by atoms with Crippen LogP contribution in [0.1, 0.15) is 40.0 Å². The molecule has 3 aliphatic rings. The van der Waals surface area contributed by atoms with Crippen LogP contribution in [-0.4, -0.2) is 50.7 Å². The van der Waals surface area contributed by atoms with Gasteiger partial charge in [-0.1, -0.05) is 27.2 Å². The first-order valence-corrected chi connectivity index (χ1v) is 9.72. The molecular formula is C19H37N3. The fraction of sp³-hybridized carbons (Fsp3) is 1.00. The first-order chi connectivity index (χ1) is 10.6. The van der Waals surface area contributed by atoms with Gasteiger partial charge in [-0.05, 0) is 81.6 Å². The van der Waals surface area contributed by atoms with Crippen LogP contribution in [0.4, 0.5) is 0 Å². The summed E-state index contributed by atoms with van der Waals surface area (Å²) in [5, 5.41) is 7.65. The highest BCUT2D eigenvalue weighted by molar-refractivity contribution is 4.97. The lowest BCUT2D eigenvalue weighted by Crippen LogP contribution is -2.54. The molecule has 2 N–H and O–H groups in total. The molecule has 0 amide bonds. The number of nitrogens with one attached hydrogen (secondary N) is 2. The van der Waals surface area contributed by atoms with Crippen LogP contribution in [0.2, 0.25) is 0 Å². The zero-order valence-electron chi connectivity index (χ0n) is 15.1. The van der Waals surface area contributed by atoms with Crippen molar-refractivity contribution in [3.63, 3.8) is 0 Å². The largest absolute Gasteiger partial charge is 0.316 e. The summed E-state index contributed by atoms with van der Waals surface area (Å²) in [7, 11) is 2.31. The van der Waals surface area contributed by atoms with Crippen LogP contribution in [-0.2, 0) is 0 Å². The number of nitrogens with zero attached hydrogens (tertiary/aromatic N) is 1. The molecule has 3 fully saturated rings. The van der Waals surface area contributed by atoms with E-state index in [0.717, 1.165) is 41.5 Å². The highest BCUT2D eigenvalue weighted by atomic mass is 15.1. The van der Waals surface area contributed by atoms with Gasteiger partial charge in [-0.3, -0.25) is 0 Å². The van der Waals surface area contributed by atoms with Crippen LogP contribution in [0.3, 0.4) is 0 Å². The molecule has 3 nitrogen and oxygen atoms in total. The molecule has 3 saturated heterocycles. The summed E-state index contributed by atoms with van der Waals surface area (Å²) < 4.78 is 0. The van der Waals surface area contributed by atoms with Crippen molar-refractivity contribution in [3.05, 3.63) is 0 Å². The van der Waals surface area contributed by atoms with Crippen LogP contribution in [0.5, 0.6) is 0 Å². The second kappa shape index (κ2) is 7.19. The lowest BCUT2D eigenvalue weighted by molar-refractivity contribution is 0.0359. The van der Waals surface area contributed by atoms with E-state index in [2.05, 4.69) is 43.4 Å². The molecule has 0 bridgehead atoms. The highest BCUT2D eigenvalue weighted by Gasteiger charge is 2.42. The lowest BCUT2D eigenvalue weighted by Gasteiger charge is -2.47. The number of likely N-dealkylation sites (tertiary alicyclic amines) is 1. The average molecular weight is 308 g/mol. The Kier molecular flexibility index (Phi) is 5.47. The number of hydrogen-bond acceptors (Lipinski definition) is 3. The van der Waals surface area contributed by atoms with E-state index < -0.39 is 0 Å². The van der Waals surface area contributed by atoms with Crippen molar-refractivity contribution in [2.45, 2.75) is 46.1 Å². The van der Waals surface area contributed by atoms with Gasteiger partial charge in [0.1, 0.15) is 0 Å². The van der Waals surface area contributed by atoms with E-state index in [9.17, 15) is 0 Å². The molecule has 128 valence electrons. The molecule has 0 aliphatic carbocycles. The fourth-order valence-electron chi connectivity index (χ4n) is 5.46. The Morgan fingerprint density at radius 2 is 1.82 bits per heavy atom. The molecule has 4 unspecified atom stereocenters. The van der Waals surface area contributed by atoms with Gasteiger partial charge in [0.25, 0.3) is 0 Å². The van der Waals surface area contributed by atoms with E-state index in [-0.39, 0.29) is 0 Å². The first kappa shape index (κ1) is 16.7. The van der Waals surface area contributed by atoms with E-state index in [0.29, 0.717) is 0 Å². The average Bonchev–Trinajstić information content (AvgIpc) is 2.99. The fourth-order valence-corrected chi connectivity index (χ4v) is 5.46. The second-order valence-corrected chi connectivity index (χ2v) is 8.56. The van der Waals surface area contributed by atoms with Crippen LogP contribution in [0, 0.1) is 35.5 Å². The van der Waals surface area contributed by atoms with Gasteiger partial charge in [0.05, 0.1) is 0 Å². The summed E-state index contributed by atoms with van der Waals surface area (Å²) >= 11 is 0. The van der Waals surface area contributed by atoms with E-state index >= 15 is 0 Å². The van der Waals surface area contributed by atoms with E-state index in [1.165, 1.54) is 52.0 Å². The summed E-state index contributed by atoms with van der Waals surface area (Å²) in [6.07, 6.45) is 4.13. The predicted molar refractivity (Wildman–Crippen MR) is 94.0 cm³/mol. The molecule has 7 atom stereocenters. The SMILES string of the molecule is CC[C@@H]1CNC(C2CNCC(C3CN(C)CC[C@H]3C)[C@H]2C)C1. The van der Waals surface area contributed by atoms with Gasteiger partial charge in [0, 0.05) is 12.6 Å². The third-order valence-electron chi connectivity index (χ3n) is 7.23. The third-order valence-corrected chi connectivity index (χ3v) is 7.23. The van der Waals surface area contributed by atoms with Crippen molar-refractivity contribution < 1.29 is 0 Å². The van der Waals surface area contributed by atoms with Gasteiger partial charge < -0.3 is 15.5 Å². The van der Waals surface area contributed by atoms with Gasteiger partial charge in [0.2, 0.25) is 0 Å². The van der Waals surface area contributed by atoms with Crippen LogP contribution < -0.4 is 10.6 Å². The summed E-state index contributed by atoms with van der Waals surface area (Å²) in [5.74, 6) is 5.23. The molecule has 0 aromatic carbocycles. The molecule has 3 heterocycles. The summed E-state index contributed by atoms with van der Waals surface area (Å²) in [5.41, 5.74) is 0. The molecule has 0 saturated carbocycles. The van der Waals surface area contributed by atoms with Crippen LogP contribution in [0.15, 0.2) is 0 Å². The van der Waals surface area contributed by atoms with Gasteiger partial charge in [-0.2, -0.15) is 0 Å². The van der Waals surface area contributed by atoms with Gasteiger partial charge in [-0.15, -0.1) is 0 Å². The molecule has 3 rings (SSSR count). The Bertz CT molecular complexity index is 359. The van der Waals surface area contributed by atoms with E-state index in [1.54, 1.807) is 0 Å². The maximum atomic E-state index is 3.85. The zero-order valence-corrected chi connectivity index (χ0v) is 15.1. The molecule has 0 aromatic rings. The molecular weight excluding hydrogens is 270 g/mol. The molecule has 3 aliphatic heterocycles. The zero-order chi connectivity index (χ0) is 15.7. The summed E-state index contributed by atoms with van der Waals surface area (Å²) in [6.45, 7) is 13.7. The van der Waals surface area contributed by atoms with Gasteiger partial charge in [0.15, 0.2) is 0 Å². The van der Waals surface area contributed by atoms with Crippen molar-refractivity contribution in [2.75, 3.05) is 39.8 Å². The number of rotatable bonds is 3. The topological polar surface area (TPSA) is 27.3 Å². The van der Waals surface area contributed by atoms with Crippen LogP contribution >= 0.6 is 0 Å². The smallest absolute Gasteiger partial charge is 0.0113 e. The van der Waals surface area contributed by atoms with Crippen molar-refractivity contribution in [2.24, 2.45) is 35.5 Å². The molecule has 22 heavy (non-hydrogen) atoms. The predicted octanol–water partition coefficient (Wildman–Crippen LogP) is 2.43.